The van der Waals surface area contributed by atoms with Crippen molar-refractivity contribution in [1.82, 2.24) is 29.8 Å². The minimum atomic E-state index is -0.0460. The molecule has 9 nitrogen and oxygen atoms in total. The van der Waals surface area contributed by atoms with Crippen molar-refractivity contribution in [2.75, 3.05) is 20.2 Å². The molecule has 9 heteroatoms. The van der Waals surface area contributed by atoms with Crippen LogP contribution >= 0.6 is 0 Å². The number of likely N-dealkylation sites (tertiary alicyclic amines) is 1. The maximum atomic E-state index is 13.2. The molecule has 35 heavy (non-hydrogen) atoms. The minimum Gasteiger partial charge on any atom is -0.497 e. The summed E-state index contributed by atoms with van der Waals surface area (Å²) in [7, 11) is 1.62. The lowest BCUT2D eigenvalue weighted by Gasteiger charge is -2.17. The molecular formula is C26H24N6O3. The minimum absolute atomic E-state index is 0.0286. The maximum absolute atomic E-state index is 13.2. The fourth-order valence-corrected chi connectivity index (χ4v) is 4.05. The second-order valence-corrected chi connectivity index (χ2v) is 8.28. The first-order valence-corrected chi connectivity index (χ1v) is 11.3. The zero-order valence-corrected chi connectivity index (χ0v) is 19.5. The van der Waals surface area contributed by atoms with Crippen LogP contribution in [0, 0.1) is 6.92 Å². The fourth-order valence-electron chi connectivity index (χ4n) is 4.05. The Kier molecular flexibility index (Phi) is 6.30. The third-order valence-electron chi connectivity index (χ3n) is 5.83. The first kappa shape index (κ1) is 22.4. The van der Waals surface area contributed by atoms with Gasteiger partial charge in [-0.2, -0.15) is 4.98 Å². The molecular weight excluding hydrogens is 444 g/mol. The van der Waals surface area contributed by atoms with Crippen molar-refractivity contribution in [2.45, 2.75) is 19.3 Å². The number of aromatic nitrogens is 5. The van der Waals surface area contributed by atoms with Gasteiger partial charge in [0.2, 0.25) is 5.88 Å². The van der Waals surface area contributed by atoms with Crippen LogP contribution < -0.4 is 9.47 Å². The molecule has 176 valence electrons. The van der Waals surface area contributed by atoms with Crippen molar-refractivity contribution in [3.8, 4) is 28.6 Å². The highest BCUT2D eigenvalue weighted by atomic mass is 16.5. The number of pyridine rings is 1. The van der Waals surface area contributed by atoms with Crippen LogP contribution in [0.3, 0.4) is 0 Å². The molecule has 0 spiro atoms. The number of benzene rings is 1. The van der Waals surface area contributed by atoms with Gasteiger partial charge in [0.15, 0.2) is 0 Å². The molecule has 0 bridgehead atoms. The number of rotatable bonds is 6. The Morgan fingerprint density at radius 1 is 1.03 bits per heavy atom. The van der Waals surface area contributed by atoms with E-state index in [4.69, 9.17) is 9.47 Å². The largest absolute Gasteiger partial charge is 0.497 e. The van der Waals surface area contributed by atoms with Gasteiger partial charge in [0.1, 0.15) is 23.7 Å². The molecule has 5 rings (SSSR count). The van der Waals surface area contributed by atoms with E-state index < -0.39 is 0 Å². The van der Waals surface area contributed by atoms with Gasteiger partial charge in [0, 0.05) is 60.5 Å². The Morgan fingerprint density at radius 3 is 2.57 bits per heavy atom. The van der Waals surface area contributed by atoms with Crippen LogP contribution in [0.15, 0.2) is 67.4 Å². The Hall–Kier alpha value is -4.40. The van der Waals surface area contributed by atoms with E-state index in [1.54, 1.807) is 43.9 Å². The molecule has 0 radical (unpaired) electrons. The quantitative estimate of drug-likeness (QED) is 0.417. The van der Waals surface area contributed by atoms with E-state index in [9.17, 15) is 4.79 Å². The molecule has 4 aromatic rings. The first-order chi connectivity index (χ1) is 17.1. The average molecular weight is 469 g/mol. The summed E-state index contributed by atoms with van der Waals surface area (Å²) in [5.41, 5.74) is 2.81. The van der Waals surface area contributed by atoms with E-state index >= 15 is 0 Å². The predicted octanol–water partition coefficient (Wildman–Crippen LogP) is 4.07. The van der Waals surface area contributed by atoms with Gasteiger partial charge in [-0.1, -0.05) is 0 Å². The predicted molar refractivity (Wildman–Crippen MR) is 128 cm³/mol. The summed E-state index contributed by atoms with van der Waals surface area (Å²) in [5, 5.41) is 0. The highest BCUT2D eigenvalue weighted by molar-refractivity contribution is 5.95. The monoisotopic (exact) mass is 468 g/mol. The van der Waals surface area contributed by atoms with Crippen molar-refractivity contribution in [3.05, 3.63) is 84.5 Å². The second-order valence-electron chi connectivity index (χ2n) is 8.28. The third kappa shape index (κ3) is 5.08. The van der Waals surface area contributed by atoms with Gasteiger partial charge in [-0.3, -0.25) is 9.78 Å². The Labute approximate surface area is 202 Å². The zero-order chi connectivity index (χ0) is 24.2. The summed E-state index contributed by atoms with van der Waals surface area (Å²) in [5.74, 6) is 2.56. The molecule has 1 fully saturated rings. The van der Waals surface area contributed by atoms with Gasteiger partial charge in [-0.15, -0.1) is 0 Å². The molecule has 0 saturated carbocycles. The van der Waals surface area contributed by atoms with Crippen LogP contribution in [0.1, 0.15) is 34.2 Å². The van der Waals surface area contributed by atoms with Gasteiger partial charge in [0.25, 0.3) is 5.91 Å². The number of amides is 1. The molecule has 1 aliphatic heterocycles. The highest BCUT2D eigenvalue weighted by Gasteiger charge is 2.30. The third-order valence-corrected chi connectivity index (χ3v) is 5.83. The lowest BCUT2D eigenvalue weighted by Crippen LogP contribution is -2.28. The van der Waals surface area contributed by atoms with E-state index in [1.165, 1.54) is 6.33 Å². The Bertz CT molecular complexity index is 1330. The van der Waals surface area contributed by atoms with E-state index in [2.05, 4.69) is 24.9 Å². The van der Waals surface area contributed by atoms with Crippen molar-refractivity contribution >= 4 is 5.91 Å². The number of aryl methyl sites for hydroxylation is 1. The smallest absolute Gasteiger partial charge is 0.254 e. The standard InChI is InChI=1S/C26H24N6O3/c1-17-11-24(35-22-5-3-21(34-2)4-6-22)31-25(30-17)19-8-10-32(15-19)26(33)18-7-9-29-23(12-18)20-13-27-16-28-14-20/h3-7,9,11-14,16,19H,8,10,15H2,1-2H3/t19-/m0/s1. The van der Waals surface area contributed by atoms with Crippen molar-refractivity contribution in [2.24, 2.45) is 0 Å². The second kappa shape index (κ2) is 9.84. The van der Waals surface area contributed by atoms with Gasteiger partial charge in [0.05, 0.1) is 12.8 Å². The van der Waals surface area contributed by atoms with Gasteiger partial charge in [-0.25, -0.2) is 15.0 Å². The summed E-state index contributed by atoms with van der Waals surface area (Å²) in [6, 6.07) is 12.6. The van der Waals surface area contributed by atoms with Gasteiger partial charge < -0.3 is 14.4 Å². The SMILES string of the molecule is COc1ccc(Oc2cc(C)nc([C@H]3CCN(C(=O)c4ccnc(-c5cncnc5)c4)C3)n2)cc1. The van der Waals surface area contributed by atoms with Crippen LogP contribution in [-0.2, 0) is 0 Å². The lowest BCUT2D eigenvalue weighted by molar-refractivity contribution is 0.0790. The highest BCUT2D eigenvalue weighted by Crippen LogP contribution is 2.29. The summed E-state index contributed by atoms with van der Waals surface area (Å²) < 4.78 is 11.1. The molecule has 4 heterocycles. The number of ether oxygens (including phenoxy) is 2. The summed E-state index contributed by atoms with van der Waals surface area (Å²) >= 11 is 0. The number of carbonyl (C=O) groups is 1. The molecule has 1 saturated heterocycles. The normalized spacial score (nSPS) is 15.1. The van der Waals surface area contributed by atoms with E-state index in [0.717, 1.165) is 23.4 Å². The van der Waals surface area contributed by atoms with Crippen LogP contribution in [0.2, 0.25) is 0 Å². The summed E-state index contributed by atoms with van der Waals surface area (Å²) in [6.07, 6.45) is 7.23. The van der Waals surface area contributed by atoms with Crippen molar-refractivity contribution < 1.29 is 14.3 Å². The zero-order valence-electron chi connectivity index (χ0n) is 19.5. The van der Waals surface area contributed by atoms with Crippen LogP contribution in [0.4, 0.5) is 0 Å². The molecule has 3 aromatic heterocycles. The number of methoxy groups -OCH3 is 1. The lowest BCUT2D eigenvalue weighted by atomic mass is 10.1. The number of hydrogen-bond donors (Lipinski definition) is 0. The number of hydrogen-bond acceptors (Lipinski definition) is 8. The first-order valence-electron chi connectivity index (χ1n) is 11.3. The van der Waals surface area contributed by atoms with Crippen LogP contribution in [-0.4, -0.2) is 55.9 Å². The van der Waals surface area contributed by atoms with E-state index in [1.807, 2.05) is 36.1 Å². The molecule has 1 aromatic carbocycles. The van der Waals surface area contributed by atoms with Crippen molar-refractivity contribution in [3.63, 3.8) is 0 Å². The van der Waals surface area contributed by atoms with E-state index in [-0.39, 0.29) is 11.8 Å². The average Bonchev–Trinajstić information content (AvgIpc) is 3.39. The summed E-state index contributed by atoms with van der Waals surface area (Å²) in [4.78, 5) is 36.7. The topological polar surface area (TPSA) is 103 Å². The van der Waals surface area contributed by atoms with Crippen LogP contribution in [0.25, 0.3) is 11.3 Å². The molecule has 0 N–H and O–H groups in total. The Balaban J connectivity index is 1.30. The fraction of sp³-hybridized carbons (Fsp3) is 0.231. The van der Waals surface area contributed by atoms with Gasteiger partial charge in [-0.05, 0) is 49.7 Å². The molecule has 0 unspecified atom stereocenters. The van der Waals surface area contributed by atoms with Gasteiger partial charge >= 0.3 is 0 Å². The molecule has 1 aliphatic rings. The number of carbonyl (C=O) groups excluding carboxylic acids is 1. The number of nitrogens with zero attached hydrogens (tertiary/aromatic N) is 6. The molecule has 1 amide bonds. The Morgan fingerprint density at radius 2 is 1.80 bits per heavy atom. The maximum Gasteiger partial charge on any atom is 0.254 e. The summed E-state index contributed by atoms with van der Waals surface area (Å²) in [6.45, 7) is 3.08. The molecule has 1 atom stereocenters. The van der Waals surface area contributed by atoms with Crippen LogP contribution in [0.5, 0.6) is 17.4 Å². The molecule has 0 aliphatic carbocycles. The van der Waals surface area contributed by atoms with Crippen molar-refractivity contribution in [1.29, 1.82) is 0 Å². The van der Waals surface area contributed by atoms with E-state index in [0.29, 0.717) is 41.8 Å².